The Kier molecular flexibility index (Phi) is 9.39. The molecule has 2 aromatic rings. The third-order valence-electron chi connectivity index (χ3n) is 3.17. The first-order valence-electron chi connectivity index (χ1n) is 7.57. The van der Waals surface area contributed by atoms with Crippen LogP contribution in [0, 0.1) is 0 Å². The molecule has 0 spiro atoms. The monoisotopic (exact) mass is 559 g/mol. The van der Waals surface area contributed by atoms with Crippen molar-refractivity contribution in [3.05, 3.63) is 32.2 Å². The van der Waals surface area contributed by atoms with Crippen molar-refractivity contribution < 1.29 is 26.3 Å². The topological polar surface area (TPSA) is 62.2 Å². The fourth-order valence-electron chi connectivity index (χ4n) is 1.91. The normalized spacial score (nSPS) is 11.7. The van der Waals surface area contributed by atoms with Crippen LogP contribution in [0.1, 0.15) is 21.4 Å². The molecular formula is C14H16F6IN5S2. The second-order valence-electron chi connectivity index (χ2n) is 5.17. The number of nitrogens with zero attached hydrogens (tertiary/aromatic N) is 3. The van der Waals surface area contributed by atoms with Crippen molar-refractivity contribution in [2.24, 2.45) is 4.99 Å². The molecule has 0 saturated carbocycles. The number of thiazole rings is 2. The van der Waals surface area contributed by atoms with E-state index in [9.17, 15) is 26.3 Å². The van der Waals surface area contributed by atoms with E-state index in [1.165, 1.54) is 7.05 Å². The molecule has 0 saturated heterocycles. The largest absolute Gasteiger partial charge is 0.434 e. The molecule has 0 bridgehead atoms. The number of guanidine groups is 1. The number of aromatic nitrogens is 2. The Morgan fingerprint density at radius 1 is 0.893 bits per heavy atom. The Labute approximate surface area is 181 Å². The summed E-state index contributed by atoms with van der Waals surface area (Å²) in [6, 6.07) is 0. The number of hydrogen-bond acceptors (Lipinski definition) is 5. The zero-order valence-corrected chi connectivity index (χ0v) is 18.3. The molecule has 158 valence electrons. The van der Waals surface area contributed by atoms with Gasteiger partial charge in [-0.15, -0.1) is 46.7 Å². The molecule has 2 rings (SSSR count). The Balaban J connectivity index is 0.00000392. The quantitative estimate of drug-likeness (QED) is 0.241. The first-order valence-corrected chi connectivity index (χ1v) is 9.33. The number of nitrogens with one attached hydrogen (secondary N) is 2. The maximum Gasteiger partial charge on any atom is 0.434 e. The molecule has 2 aromatic heterocycles. The molecule has 14 heteroatoms. The minimum atomic E-state index is -4.46. The van der Waals surface area contributed by atoms with Gasteiger partial charge < -0.3 is 10.6 Å². The summed E-state index contributed by atoms with van der Waals surface area (Å²) in [7, 11) is 1.51. The molecule has 0 aliphatic rings. The molecule has 0 aliphatic carbocycles. The Morgan fingerprint density at radius 2 is 1.29 bits per heavy atom. The van der Waals surface area contributed by atoms with Gasteiger partial charge in [-0.05, 0) is 0 Å². The molecule has 0 aliphatic heterocycles. The SMILES string of the molecule is CN=C(NCCc1nc(C(F)(F)F)cs1)NCCc1nc(C(F)(F)F)cs1.I. The first-order chi connectivity index (χ1) is 12.6. The van der Waals surface area contributed by atoms with Crippen molar-refractivity contribution in [3.63, 3.8) is 0 Å². The lowest BCUT2D eigenvalue weighted by Gasteiger charge is -2.10. The Hall–Kier alpha value is -1.16. The summed E-state index contributed by atoms with van der Waals surface area (Å²) in [5.41, 5.74) is -1.82. The van der Waals surface area contributed by atoms with Crippen LogP contribution in [-0.2, 0) is 25.2 Å². The van der Waals surface area contributed by atoms with Gasteiger partial charge in [-0.25, -0.2) is 9.97 Å². The second kappa shape index (κ2) is 10.6. The molecule has 0 unspecified atom stereocenters. The van der Waals surface area contributed by atoms with E-state index in [-0.39, 0.29) is 36.8 Å². The van der Waals surface area contributed by atoms with E-state index < -0.39 is 23.7 Å². The summed E-state index contributed by atoms with van der Waals surface area (Å²) in [4.78, 5) is 11.0. The van der Waals surface area contributed by atoms with Gasteiger partial charge in [-0.3, -0.25) is 4.99 Å². The van der Waals surface area contributed by atoms with E-state index in [2.05, 4.69) is 25.6 Å². The van der Waals surface area contributed by atoms with Gasteiger partial charge in [0.25, 0.3) is 0 Å². The van der Waals surface area contributed by atoms with E-state index in [1.54, 1.807) is 0 Å². The summed E-state index contributed by atoms with van der Waals surface area (Å²) in [5, 5.41) is 8.43. The zero-order valence-electron chi connectivity index (χ0n) is 14.3. The summed E-state index contributed by atoms with van der Waals surface area (Å²) in [6.45, 7) is 0.611. The summed E-state index contributed by atoms with van der Waals surface area (Å²) in [5.74, 6) is 0.384. The van der Waals surface area contributed by atoms with Gasteiger partial charge in [0.05, 0.1) is 10.0 Å². The molecule has 0 radical (unpaired) electrons. The highest BCUT2D eigenvalue weighted by Crippen LogP contribution is 2.30. The highest BCUT2D eigenvalue weighted by Gasteiger charge is 2.34. The highest BCUT2D eigenvalue weighted by molar-refractivity contribution is 14.0. The van der Waals surface area contributed by atoms with Crippen molar-refractivity contribution in [2.45, 2.75) is 25.2 Å². The summed E-state index contributed by atoms with van der Waals surface area (Å²) in [6.07, 6.45) is -8.35. The fraction of sp³-hybridized carbons (Fsp3) is 0.500. The molecule has 28 heavy (non-hydrogen) atoms. The molecule has 0 aromatic carbocycles. The van der Waals surface area contributed by atoms with E-state index in [0.29, 0.717) is 29.1 Å². The summed E-state index contributed by atoms with van der Waals surface area (Å²) >= 11 is 1.85. The fourth-order valence-corrected chi connectivity index (χ4v) is 3.52. The van der Waals surface area contributed by atoms with Crippen LogP contribution in [0.5, 0.6) is 0 Å². The van der Waals surface area contributed by atoms with E-state index >= 15 is 0 Å². The number of hydrogen-bond donors (Lipinski definition) is 2. The Morgan fingerprint density at radius 3 is 1.57 bits per heavy atom. The third-order valence-corrected chi connectivity index (χ3v) is 4.99. The number of halogens is 7. The van der Waals surface area contributed by atoms with Gasteiger partial charge in [-0.2, -0.15) is 26.3 Å². The predicted molar refractivity (Wildman–Crippen MR) is 106 cm³/mol. The van der Waals surface area contributed by atoms with Gasteiger partial charge in [0.2, 0.25) is 0 Å². The first kappa shape index (κ1) is 24.9. The second-order valence-corrected chi connectivity index (χ2v) is 7.06. The average Bonchev–Trinajstić information content (AvgIpc) is 3.21. The van der Waals surface area contributed by atoms with Crippen LogP contribution in [0.15, 0.2) is 15.8 Å². The van der Waals surface area contributed by atoms with Crippen LogP contribution < -0.4 is 10.6 Å². The lowest BCUT2D eigenvalue weighted by atomic mass is 10.4. The Bertz CT molecular complexity index is 711. The van der Waals surface area contributed by atoms with Crippen molar-refractivity contribution in [1.29, 1.82) is 0 Å². The lowest BCUT2D eigenvalue weighted by Crippen LogP contribution is -2.39. The predicted octanol–water partition coefficient (Wildman–Crippen LogP) is 4.21. The van der Waals surface area contributed by atoms with Gasteiger partial charge in [0, 0.05) is 43.7 Å². The molecule has 2 heterocycles. The minimum absolute atomic E-state index is 0. The summed E-state index contributed by atoms with van der Waals surface area (Å²) < 4.78 is 74.9. The molecule has 0 amide bonds. The van der Waals surface area contributed by atoms with E-state index in [4.69, 9.17) is 0 Å². The van der Waals surface area contributed by atoms with Crippen molar-refractivity contribution in [1.82, 2.24) is 20.6 Å². The van der Waals surface area contributed by atoms with Crippen LogP contribution >= 0.6 is 46.7 Å². The smallest absolute Gasteiger partial charge is 0.356 e. The molecule has 0 fully saturated rings. The van der Waals surface area contributed by atoms with Crippen molar-refractivity contribution in [3.8, 4) is 0 Å². The van der Waals surface area contributed by atoms with Crippen LogP contribution in [-0.4, -0.2) is 36.1 Å². The van der Waals surface area contributed by atoms with Gasteiger partial charge in [0.15, 0.2) is 17.3 Å². The standard InChI is InChI=1S/C14H15F6N5S2.HI/c1-21-12(22-4-2-10-24-8(6-26-10)13(15,16)17)23-5-3-11-25-9(7-27-11)14(18,19)20;/h6-7H,2-5H2,1H3,(H2,21,22,23);1H. The third kappa shape index (κ3) is 7.69. The van der Waals surface area contributed by atoms with Gasteiger partial charge in [-0.1, -0.05) is 0 Å². The minimum Gasteiger partial charge on any atom is -0.356 e. The van der Waals surface area contributed by atoms with E-state index in [1.807, 2.05) is 0 Å². The average molecular weight is 559 g/mol. The zero-order chi connectivity index (χ0) is 20.1. The molecular weight excluding hydrogens is 543 g/mol. The van der Waals surface area contributed by atoms with Gasteiger partial charge in [0.1, 0.15) is 0 Å². The molecule has 2 N–H and O–H groups in total. The lowest BCUT2D eigenvalue weighted by molar-refractivity contribution is -0.141. The molecule has 0 atom stereocenters. The van der Waals surface area contributed by atoms with Crippen LogP contribution in [0.3, 0.4) is 0 Å². The number of alkyl halides is 6. The van der Waals surface area contributed by atoms with Crippen molar-refractivity contribution in [2.75, 3.05) is 20.1 Å². The maximum atomic E-state index is 12.5. The van der Waals surface area contributed by atoms with Crippen LogP contribution in [0.25, 0.3) is 0 Å². The number of rotatable bonds is 6. The molecule has 5 nitrogen and oxygen atoms in total. The van der Waals surface area contributed by atoms with Crippen LogP contribution in [0.4, 0.5) is 26.3 Å². The van der Waals surface area contributed by atoms with Crippen molar-refractivity contribution >= 4 is 52.6 Å². The van der Waals surface area contributed by atoms with Crippen LogP contribution in [0.2, 0.25) is 0 Å². The van der Waals surface area contributed by atoms with Gasteiger partial charge >= 0.3 is 12.4 Å². The number of aliphatic imine (C=N–C) groups is 1. The maximum absolute atomic E-state index is 12.5. The highest BCUT2D eigenvalue weighted by atomic mass is 127. The van der Waals surface area contributed by atoms with E-state index in [0.717, 1.165) is 33.4 Å².